The number of aliphatic hydroxyl groups is 2. The molecule has 80 valence electrons. The zero-order valence-electron chi connectivity index (χ0n) is 8.41. The van der Waals surface area contributed by atoms with E-state index in [1.165, 1.54) is 6.42 Å². The molecular weight excluding hydrogens is 180 g/mol. The van der Waals surface area contributed by atoms with E-state index in [9.17, 15) is 0 Å². The van der Waals surface area contributed by atoms with E-state index < -0.39 is 11.7 Å². The quantitative estimate of drug-likeness (QED) is 0.653. The molecule has 0 aliphatic heterocycles. The molecule has 0 saturated heterocycles. The van der Waals surface area contributed by atoms with Crippen LogP contribution in [-0.4, -0.2) is 35.1 Å². The van der Waals surface area contributed by atoms with Gasteiger partial charge in [-0.05, 0) is 25.7 Å². The van der Waals surface area contributed by atoms with Gasteiger partial charge in [-0.25, -0.2) is 0 Å². The van der Waals surface area contributed by atoms with Gasteiger partial charge in [0.15, 0.2) is 0 Å². The summed E-state index contributed by atoms with van der Waals surface area (Å²) >= 11 is 0. The van der Waals surface area contributed by atoms with Crippen LogP contribution in [0.15, 0.2) is 0 Å². The first-order valence-corrected chi connectivity index (χ1v) is 5.13. The standard InChI is InChI=1S/C11H18O3/c1-2-11(6-4-3-5-7-11)14-9-10(13)8-12/h1,10,12-13H,3-9H2/t10-/m0/s1. The summed E-state index contributed by atoms with van der Waals surface area (Å²) in [6, 6.07) is 0. The monoisotopic (exact) mass is 198 g/mol. The zero-order valence-corrected chi connectivity index (χ0v) is 8.41. The number of hydrogen-bond donors (Lipinski definition) is 2. The number of terminal acetylenes is 1. The van der Waals surface area contributed by atoms with Gasteiger partial charge in [-0.2, -0.15) is 0 Å². The molecule has 3 heteroatoms. The summed E-state index contributed by atoms with van der Waals surface area (Å²) in [5.41, 5.74) is -0.492. The summed E-state index contributed by atoms with van der Waals surface area (Å²) in [5, 5.41) is 17.8. The van der Waals surface area contributed by atoms with Gasteiger partial charge in [-0.15, -0.1) is 6.42 Å². The summed E-state index contributed by atoms with van der Waals surface area (Å²) < 4.78 is 5.53. The van der Waals surface area contributed by atoms with Crippen LogP contribution in [0.5, 0.6) is 0 Å². The van der Waals surface area contributed by atoms with Crippen LogP contribution in [0.1, 0.15) is 32.1 Å². The van der Waals surface area contributed by atoms with Crippen LogP contribution < -0.4 is 0 Å². The predicted molar refractivity (Wildman–Crippen MR) is 53.7 cm³/mol. The molecule has 2 N–H and O–H groups in total. The van der Waals surface area contributed by atoms with E-state index >= 15 is 0 Å². The van der Waals surface area contributed by atoms with Crippen molar-refractivity contribution in [3.8, 4) is 12.3 Å². The molecule has 0 aromatic rings. The second-order valence-corrected chi connectivity index (χ2v) is 3.85. The SMILES string of the molecule is C#CC1(OC[C@@H](O)CO)CCCCC1. The van der Waals surface area contributed by atoms with Crippen molar-refractivity contribution in [2.75, 3.05) is 13.2 Å². The van der Waals surface area contributed by atoms with Crippen molar-refractivity contribution >= 4 is 0 Å². The van der Waals surface area contributed by atoms with Crippen LogP contribution in [0, 0.1) is 12.3 Å². The van der Waals surface area contributed by atoms with Crippen molar-refractivity contribution in [3.63, 3.8) is 0 Å². The molecule has 1 aliphatic carbocycles. The Hall–Kier alpha value is -0.560. The summed E-state index contributed by atoms with van der Waals surface area (Å²) in [7, 11) is 0. The van der Waals surface area contributed by atoms with Crippen LogP contribution in [-0.2, 0) is 4.74 Å². The maximum absolute atomic E-state index is 9.15. The van der Waals surface area contributed by atoms with Gasteiger partial charge in [0, 0.05) is 0 Å². The summed E-state index contributed by atoms with van der Waals surface area (Å²) in [4.78, 5) is 0. The third-order valence-electron chi connectivity index (χ3n) is 2.69. The van der Waals surface area contributed by atoms with E-state index in [0.717, 1.165) is 25.7 Å². The highest BCUT2D eigenvalue weighted by atomic mass is 16.5. The average molecular weight is 198 g/mol. The Morgan fingerprint density at radius 2 is 2.00 bits per heavy atom. The number of aliphatic hydroxyl groups excluding tert-OH is 2. The molecule has 0 bridgehead atoms. The van der Waals surface area contributed by atoms with E-state index in [1.54, 1.807) is 0 Å². The van der Waals surface area contributed by atoms with Gasteiger partial charge in [0.1, 0.15) is 11.7 Å². The molecule has 0 heterocycles. The van der Waals surface area contributed by atoms with Crippen LogP contribution in [0.3, 0.4) is 0 Å². The molecule has 0 spiro atoms. The Balaban J connectivity index is 2.41. The van der Waals surface area contributed by atoms with Gasteiger partial charge >= 0.3 is 0 Å². The fourth-order valence-corrected chi connectivity index (χ4v) is 1.76. The normalized spacial score (nSPS) is 22.6. The molecule has 0 aromatic carbocycles. The largest absolute Gasteiger partial charge is 0.394 e. The summed E-state index contributed by atoms with van der Waals surface area (Å²) in [6.45, 7) is -0.151. The molecule has 0 radical (unpaired) electrons. The molecule has 1 saturated carbocycles. The third-order valence-corrected chi connectivity index (χ3v) is 2.69. The second kappa shape index (κ2) is 5.35. The minimum atomic E-state index is -0.817. The lowest BCUT2D eigenvalue weighted by Crippen LogP contribution is -2.36. The van der Waals surface area contributed by atoms with Crippen molar-refractivity contribution in [1.82, 2.24) is 0 Å². The molecule has 1 atom stereocenters. The van der Waals surface area contributed by atoms with E-state index in [4.69, 9.17) is 21.4 Å². The van der Waals surface area contributed by atoms with E-state index in [-0.39, 0.29) is 13.2 Å². The van der Waals surface area contributed by atoms with Crippen molar-refractivity contribution in [3.05, 3.63) is 0 Å². The topological polar surface area (TPSA) is 49.7 Å². The Morgan fingerprint density at radius 3 is 2.50 bits per heavy atom. The smallest absolute Gasteiger partial charge is 0.128 e. The minimum Gasteiger partial charge on any atom is -0.394 e. The first-order chi connectivity index (χ1) is 6.72. The number of rotatable bonds is 4. The first-order valence-electron chi connectivity index (χ1n) is 5.13. The molecular formula is C11H18O3. The lowest BCUT2D eigenvalue weighted by molar-refractivity contribution is -0.0740. The van der Waals surface area contributed by atoms with Crippen LogP contribution in [0.4, 0.5) is 0 Å². The van der Waals surface area contributed by atoms with Gasteiger partial charge < -0.3 is 14.9 Å². The Kier molecular flexibility index (Phi) is 4.40. The molecule has 14 heavy (non-hydrogen) atoms. The lowest BCUT2D eigenvalue weighted by atomic mass is 9.85. The summed E-state index contributed by atoms with van der Waals surface area (Å²) in [5.74, 6) is 2.68. The van der Waals surface area contributed by atoms with Crippen molar-refractivity contribution in [2.24, 2.45) is 0 Å². The lowest BCUT2D eigenvalue weighted by Gasteiger charge is -2.33. The summed E-state index contributed by atoms with van der Waals surface area (Å²) in [6.07, 6.45) is 9.72. The predicted octanol–water partition coefficient (Wildman–Crippen LogP) is 0.692. The highest BCUT2D eigenvalue weighted by Gasteiger charge is 2.31. The fourth-order valence-electron chi connectivity index (χ4n) is 1.76. The van der Waals surface area contributed by atoms with Crippen molar-refractivity contribution in [1.29, 1.82) is 0 Å². The molecule has 3 nitrogen and oxygen atoms in total. The van der Waals surface area contributed by atoms with Crippen molar-refractivity contribution < 1.29 is 14.9 Å². The maximum atomic E-state index is 9.15. The third kappa shape index (κ3) is 2.98. The molecule has 0 aromatic heterocycles. The second-order valence-electron chi connectivity index (χ2n) is 3.85. The molecule has 0 amide bonds. The van der Waals surface area contributed by atoms with Crippen LogP contribution >= 0.6 is 0 Å². The minimum absolute atomic E-state index is 0.126. The average Bonchev–Trinajstić information content (AvgIpc) is 2.27. The van der Waals surface area contributed by atoms with Gasteiger partial charge in [-0.3, -0.25) is 0 Å². The zero-order chi connectivity index (χ0) is 10.4. The van der Waals surface area contributed by atoms with Gasteiger partial charge in [0.2, 0.25) is 0 Å². The van der Waals surface area contributed by atoms with Gasteiger partial charge in [-0.1, -0.05) is 12.3 Å². The maximum Gasteiger partial charge on any atom is 0.128 e. The first kappa shape index (κ1) is 11.5. The molecule has 1 aliphatic rings. The number of hydrogen-bond acceptors (Lipinski definition) is 3. The van der Waals surface area contributed by atoms with Gasteiger partial charge in [0.05, 0.1) is 13.2 Å². The Bertz CT molecular complexity index is 201. The molecule has 0 unspecified atom stereocenters. The molecule has 1 rings (SSSR count). The van der Waals surface area contributed by atoms with E-state index in [0.29, 0.717) is 0 Å². The van der Waals surface area contributed by atoms with Gasteiger partial charge in [0.25, 0.3) is 0 Å². The highest BCUT2D eigenvalue weighted by molar-refractivity contribution is 5.09. The number of ether oxygens (including phenoxy) is 1. The van der Waals surface area contributed by atoms with Crippen LogP contribution in [0.2, 0.25) is 0 Å². The Labute approximate surface area is 85.1 Å². The fraction of sp³-hybridized carbons (Fsp3) is 0.818. The van der Waals surface area contributed by atoms with Crippen molar-refractivity contribution in [2.45, 2.75) is 43.8 Å². The highest BCUT2D eigenvalue weighted by Crippen LogP contribution is 2.30. The van der Waals surface area contributed by atoms with E-state index in [2.05, 4.69) is 5.92 Å². The van der Waals surface area contributed by atoms with Crippen LogP contribution in [0.25, 0.3) is 0 Å². The molecule has 1 fully saturated rings. The Morgan fingerprint density at radius 1 is 1.36 bits per heavy atom. The van der Waals surface area contributed by atoms with E-state index in [1.807, 2.05) is 0 Å².